The van der Waals surface area contributed by atoms with Gasteiger partial charge in [0.25, 0.3) is 5.91 Å². The third kappa shape index (κ3) is 1.94. The number of hydrogen-bond acceptors (Lipinski definition) is 3. The third-order valence-electron chi connectivity index (χ3n) is 1.78. The molecule has 1 amide bonds. The number of rotatable bonds is 0. The minimum Gasteiger partial charge on any atom is -0.359 e. The van der Waals surface area contributed by atoms with E-state index in [1.807, 2.05) is 0 Å². The average Bonchev–Trinajstić information content (AvgIpc) is 2.57. The Morgan fingerprint density at radius 2 is 2.19 bits per heavy atom. The van der Waals surface area contributed by atoms with Gasteiger partial charge in [0.2, 0.25) is 5.28 Å². The summed E-state index contributed by atoms with van der Waals surface area (Å²) in [7, 11) is 0. The van der Waals surface area contributed by atoms with Crippen LogP contribution >= 0.6 is 23.2 Å². The quantitative estimate of drug-likeness (QED) is 0.420. The smallest absolute Gasteiger partial charge is 0.293 e. The Morgan fingerprint density at radius 1 is 1.44 bits per heavy atom. The monoisotopic (exact) mass is 254 g/mol. The van der Waals surface area contributed by atoms with Crippen molar-refractivity contribution < 1.29 is 4.79 Å². The molecule has 2 heterocycles. The summed E-state index contributed by atoms with van der Waals surface area (Å²) in [6.07, 6.45) is 1.55. The standard InChI is InChI=1S/C9H4Cl2N4O/c10-7-6-4(1-2-5(12)16)3-13-8(6)15-9(11)14-7/h3H,(H2,12,16)(H,13,14,15). The van der Waals surface area contributed by atoms with Crippen LogP contribution in [0.4, 0.5) is 0 Å². The topological polar surface area (TPSA) is 84.7 Å². The molecule has 7 heteroatoms. The highest BCUT2D eigenvalue weighted by Gasteiger charge is 2.10. The molecule has 0 aromatic carbocycles. The second-order valence-corrected chi connectivity index (χ2v) is 3.52. The number of halogens is 2. The molecular formula is C9H4Cl2N4O. The van der Waals surface area contributed by atoms with Crippen molar-refractivity contribution in [3.8, 4) is 11.8 Å². The maximum absolute atomic E-state index is 10.5. The summed E-state index contributed by atoms with van der Waals surface area (Å²) in [5, 5.41) is 0.721. The Labute approximate surface area is 100.0 Å². The van der Waals surface area contributed by atoms with Crippen LogP contribution in [0.2, 0.25) is 10.4 Å². The Hall–Kier alpha value is -1.77. The molecule has 0 aliphatic heterocycles. The third-order valence-corrected chi connectivity index (χ3v) is 2.22. The zero-order valence-electron chi connectivity index (χ0n) is 7.71. The molecule has 0 unspecified atom stereocenters. The van der Waals surface area contributed by atoms with Crippen LogP contribution in [0.5, 0.6) is 0 Å². The Morgan fingerprint density at radius 3 is 2.88 bits per heavy atom. The first kappa shape index (κ1) is 10.7. The second-order valence-electron chi connectivity index (χ2n) is 2.82. The van der Waals surface area contributed by atoms with E-state index in [2.05, 4.69) is 26.8 Å². The fourth-order valence-corrected chi connectivity index (χ4v) is 1.67. The summed E-state index contributed by atoms with van der Waals surface area (Å²) in [6.45, 7) is 0. The molecular weight excluding hydrogens is 251 g/mol. The Bertz CT molecular complexity index is 638. The maximum atomic E-state index is 10.5. The lowest BCUT2D eigenvalue weighted by Crippen LogP contribution is -2.06. The van der Waals surface area contributed by atoms with Crippen molar-refractivity contribution in [2.45, 2.75) is 0 Å². The lowest BCUT2D eigenvalue weighted by Gasteiger charge is -1.94. The highest BCUT2D eigenvalue weighted by atomic mass is 35.5. The summed E-state index contributed by atoms with van der Waals surface area (Å²) in [5.74, 6) is 4.05. The molecule has 5 nitrogen and oxygen atoms in total. The summed E-state index contributed by atoms with van der Waals surface area (Å²) in [6, 6.07) is 0. The largest absolute Gasteiger partial charge is 0.359 e. The van der Waals surface area contributed by atoms with E-state index < -0.39 is 5.91 Å². The van der Waals surface area contributed by atoms with Gasteiger partial charge in [0.15, 0.2) is 0 Å². The zero-order valence-corrected chi connectivity index (χ0v) is 9.23. The average molecular weight is 255 g/mol. The predicted octanol–water partition coefficient (Wildman–Crippen LogP) is 1.10. The van der Waals surface area contributed by atoms with Crippen molar-refractivity contribution in [2.75, 3.05) is 0 Å². The first-order valence-corrected chi connectivity index (χ1v) is 4.85. The number of aromatic nitrogens is 3. The second kappa shape index (κ2) is 4.00. The number of carbonyl (C=O) groups excluding carboxylic acids is 1. The molecule has 3 N–H and O–H groups in total. The molecule has 0 radical (unpaired) electrons. The number of carbonyl (C=O) groups is 1. The lowest BCUT2D eigenvalue weighted by atomic mass is 10.2. The number of hydrogen-bond donors (Lipinski definition) is 2. The summed E-state index contributed by atoms with van der Waals surface area (Å²) < 4.78 is 0. The van der Waals surface area contributed by atoms with Gasteiger partial charge >= 0.3 is 0 Å². The van der Waals surface area contributed by atoms with E-state index in [1.54, 1.807) is 6.20 Å². The number of aromatic amines is 1. The normalized spacial score (nSPS) is 9.88. The molecule has 2 aromatic rings. The Kier molecular flexibility index (Phi) is 2.69. The SMILES string of the molecule is NC(=O)C#Cc1c[nH]c2nc(Cl)nc(Cl)c12. The van der Waals surface area contributed by atoms with Crippen LogP contribution in [-0.4, -0.2) is 20.9 Å². The number of primary amides is 1. The summed E-state index contributed by atoms with van der Waals surface area (Å²) >= 11 is 11.5. The zero-order chi connectivity index (χ0) is 11.7. The van der Waals surface area contributed by atoms with Crippen molar-refractivity contribution in [1.82, 2.24) is 15.0 Å². The number of nitrogens with zero attached hydrogens (tertiary/aromatic N) is 2. The fraction of sp³-hybridized carbons (Fsp3) is 0. The first-order valence-electron chi connectivity index (χ1n) is 4.09. The molecule has 0 atom stereocenters. The fourth-order valence-electron chi connectivity index (χ4n) is 1.19. The van der Waals surface area contributed by atoms with Crippen molar-refractivity contribution in [3.05, 3.63) is 22.2 Å². The molecule has 2 aromatic heterocycles. The van der Waals surface area contributed by atoms with Gasteiger partial charge in [-0.25, -0.2) is 4.98 Å². The minimum absolute atomic E-state index is 0.0359. The van der Waals surface area contributed by atoms with Crippen LogP contribution in [0.3, 0.4) is 0 Å². The maximum Gasteiger partial charge on any atom is 0.293 e. The van der Waals surface area contributed by atoms with Crippen LogP contribution in [0, 0.1) is 11.8 Å². The first-order chi connectivity index (χ1) is 7.58. The summed E-state index contributed by atoms with van der Waals surface area (Å²) in [4.78, 5) is 21.0. The molecule has 0 fully saturated rings. The van der Waals surface area contributed by atoms with E-state index in [0.29, 0.717) is 16.6 Å². The van der Waals surface area contributed by atoms with Gasteiger partial charge in [0, 0.05) is 12.1 Å². The van der Waals surface area contributed by atoms with Gasteiger partial charge in [0.1, 0.15) is 10.8 Å². The van der Waals surface area contributed by atoms with Crippen LogP contribution in [-0.2, 0) is 4.79 Å². The van der Waals surface area contributed by atoms with Crippen LogP contribution in [0.15, 0.2) is 6.20 Å². The number of amides is 1. The Balaban J connectivity index is 2.66. The molecule has 0 saturated carbocycles. The van der Waals surface area contributed by atoms with Crippen molar-refractivity contribution >= 4 is 40.1 Å². The highest BCUT2D eigenvalue weighted by molar-refractivity contribution is 6.36. The van der Waals surface area contributed by atoms with E-state index in [0.717, 1.165) is 0 Å². The number of nitrogens with two attached hydrogens (primary N) is 1. The molecule has 2 rings (SSSR count). The van der Waals surface area contributed by atoms with Gasteiger partial charge in [-0.1, -0.05) is 17.5 Å². The number of H-pyrrole nitrogens is 1. The van der Waals surface area contributed by atoms with E-state index in [-0.39, 0.29) is 10.4 Å². The van der Waals surface area contributed by atoms with Gasteiger partial charge in [-0.15, -0.1) is 0 Å². The molecule has 16 heavy (non-hydrogen) atoms. The van der Waals surface area contributed by atoms with Crippen molar-refractivity contribution in [2.24, 2.45) is 5.73 Å². The van der Waals surface area contributed by atoms with Crippen LogP contribution in [0.25, 0.3) is 11.0 Å². The molecule has 0 bridgehead atoms. The molecule has 0 saturated heterocycles. The van der Waals surface area contributed by atoms with Crippen molar-refractivity contribution in [3.63, 3.8) is 0 Å². The van der Waals surface area contributed by atoms with E-state index >= 15 is 0 Å². The number of nitrogens with one attached hydrogen (secondary N) is 1. The molecule has 0 aliphatic rings. The van der Waals surface area contributed by atoms with Gasteiger partial charge in [-0.3, -0.25) is 4.79 Å². The highest BCUT2D eigenvalue weighted by Crippen LogP contribution is 2.24. The van der Waals surface area contributed by atoms with Crippen molar-refractivity contribution in [1.29, 1.82) is 0 Å². The van der Waals surface area contributed by atoms with Crippen LogP contribution in [0.1, 0.15) is 5.56 Å². The number of fused-ring (bicyclic) bond motifs is 1. The predicted molar refractivity (Wildman–Crippen MR) is 60.0 cm³/mol. The minimum atomic E-state index is -0.722. The van der Waals surface area contributed by atoms with E-state index in [9.17, 15) is 4.79 Å². The van der Waals surface area contributed by atoms with Gasteiger partial charge in [-0.05, 0) is 11.6 Å². The lowest BCUT2D eigenvalue weighted by molar-refractivity contribution is -0.112. The molecule has 0 spiro atoms. The van der Waals surface area contributed by atoms with E-state index in [1.165, 1.54) is 0 Å². The molecule has 0 aliphatic carbocycles. The van der Waals surface area contributed by atoms with E-state index in [4.69, 9.17) is 28.9 Å². The molecule has 80 valence electrons. The summed E-state index contributed by atoms with van der Waals surface area (Å²) in [5.41, 5.74) is 5.86. The van der Waals surface area contributed by atoms with Crippen LogP contribution < -0.4 is 5.73 Å². The van der Waals surface area contributed by atoms with Gasteiger partial charge in [0.05, 0.1) is 10.9 Å². The van der Waals surface area contributed by atoms with Gasteiger partial charge < -0.3 is 10.7 Å². The van der Waals surface area contributed by atoms with Gasteiger partial charge in [-0.2, -0.15) is 4.98 Å².